The molecule has 0 saturated carbocycles. The number of hydrogen-bond donors (Lipinski definition) is 0. The van der Waals surface area contributed by atoms with E-state index in [0.717, 1.165) is 6.54 Å². The summed E-state index contributed by atoms with van der Waals surface area (Å²) < 4.78 is 2.31. The second kappa shape index (κ2) is 5.01. The Morgan fingerprint density at radius 1 is 1.13 bits per heavy atom. The molecule has 0 aliphatic rings. The third-order valence-corrected chi connectivity index (χ3v) is 2.84. The van der Waals surface area contributed by atoms with Crippen LogP contribution in [-0.4, -0.2) is 4.57 Å². The minimum Gasteiger partial charge on any atom is -0.347 e. The average Bonchev–Trinajstić information content (AvgIpc) is 2.68. The van der Waals surface area contributed by atoms with Gasteiger partial charge in [0.25, 0.3) is 0 Å². The van der Waals surface area contributed by atoms with E-state index in [4.69, 9.17) is 0 Å². The molecule has 0 atom stereocenters. The molecule has 0 aliphatic heterocycles. The highest BCUT2D eigenvalue weighted by molar-refractivity contribution is 5.79. The van der Waals surface area contributed by atoms with Gasteiger partial charge in [0.05, 0.1) is 0 Å². The van der Waals surface area contributed by atoms with E-state index in [9.17, 15) is 0 Å². The zero-order chi connectivity index (χ0) is 10.5. The summed E-state index contributed by atoms with van der Waals surface area (Å²) in [4.78, 5) is 0. The van der Waals surface area contributed by atoms with Gasteiger partial charge in [-0.25, -0.2) is 0 Å². The van der Waals surface area contributed by atoms with Crippen LogP contribution < -0.4 is 0 Å². The van der Waals surface area contributed by atoms with Crippen molar-refractivity contribution < 1.29 is 0 Å². The van der Waals surface area contributed by atoms with Gasteiger partial charge in [-0.3, -0.25) is 0 Å². The number of para-hydroxylation sites is 1. The predicted octanol–water partition coefficient (Wildman–Crippen LogP) is 4.02. The number of nitrogens with zero attached hydrogens (tertiary/aromatic N) is 1. The fourth-order valence-electron chi connectivity index (χ4n) is 1.96. The van der Waals surface area contributed by atoms with Crippen molar-refractivity contribution in [3.8, 4) is 0 Å². The molecule has 0 fully saturated rings. The van der Waals surface area contributed by atoms with Crippen LogP contribution >= 0.6 is 0 Å². The summed E-state index contributed by atoms with van der Waals surface area (Å²) in [5.74, 6) is 0. The minimum absolute atomic E-state index is 1.13. The number of hydrogen-bond acceptors (Lipinski definition) is 0. The van der Waals surface area contributed by atoms with Crippen molar-refractivity contribution in [2.24, 2.45) is 0 Å². The quantitative estimate of drug-likeness (QED) is 0.642. The SMILES string of the molecule is CCCCCCn1c[c]c2ccccc21. The molecule has 0 bridgehead atoms. The molecule has 0 unspecified atom stereocenters. The molecule has 0 saturated heterocycles. The highest BCUT2D eigenvalue weighted by Crippen LogP contribution is 2.15. The Bertz CT molecular complexity index is 414. The summed E-state index contributed by atoms with van der Waals surface area (Å²) in [5, 5.41) is 1.23. The smallest absolute Gasteiger partial charge is 0.0486 e. The standard InChI is InChI=1S/C14H18N/c1-2-3-4-7-11-15-12-10-13-8-5-6-9-14(13)15/h5-6,8-9,12H,2-4,7,11H2,1H3. The normalized spacial score (nSPS) is 11.0. The van der Waals surface area contributed by atoms with Crippen LogP contribution in [-0.2, 0) is 6.54 Å². The van der Waals surface area contributed by atoms with Crippen molar-refractivity contribution in [3.63, 3.8) is 0 Å². The summed E-state index contributed by atoms with van der Waals surface area (Å²) in [5.41, 5.74) is 1.31. The van der Waals surface area contributed by atoms with Crippen molar-refractivity contribution in [2.75, 3.05) is 0 Å². The predicted molar refractivity (Wildman–Crippen MR) is 64.9 cm³/mol. The van der Waals surface area contributed by atoms with Gasteiger partial charge in [-0.05, 0) is 12.5 Å². The van der Waals surface area contributed by atoms with Gasteiger partial charge in [-0.2, -0.15) is 0 Å². The van der Waals surface area contributed by atoms with Crippen LogP contribution in [0.15, 0.2) is 30.5 Å². The molecule has 0 amide bonds. The second-order valence-electron chi connectivity index (χ2n) is 4.04. The Balaban J connectivity index is 2.02. The molecule has 15 heavy (non-hydrogen) atoms. The third kappa shape index (κ3) is 2.41. The molecule has 1 heteroatoms. The maximum atomic E-state index is 3.29. The van der Waals surface area contributed by atoms with Gasteiger partial charge in [0.15, 0.2) is 0 Å². The van der Waals surface area contributed by atoms with Crippen LogP contribution in [0, 0.1) is 6.07 Å². The molecule has 2 rings (SSSR count). The van der Waals surface area contributed by atoms with E-state index in [1.54, 1.807) is 0 Å². The number of aromatic nitrogens is 1. The van der Waals surface area contributed by atoms with Crippen molar-refractivity contribution in [1.82, 2.24) is 4.57 Å². The molecule has 1 heterocycles. The van der Waals surface area contributed by atoms with E-state index in [1.165, 1.54) is 36.6 Å². The lowest BCUT2D eigenvalue weighted by atomic mass is 10.2. The second-order valence-corrected chi connectivity index (χ2v) is 4.04. The molecule has 0 spiro atoms. The van der Waals surface area contributed by atoms with Crippen LogP contribution in [0.4, 0.5) is 0 Å². The Morgan fingerprint density at radius 3 is 2.87 bits per heavy atom. The monoisotopic (exact) mass is 200 g/mol. The van der Waals surface area contributed by atoms with E-state index in [1.807, 2.05) is 0 Å². The van der Waals surface area contributed by atoms with Crippen molar-refractivity contribution >= 4 is 10.9 Å². The number of benzene rings is 1. The van der Waals surface area contributed by atoms with Crippen molar-refractivity contribution in [3.05, 3.63) is 36.5 Å². The van der Waals surface area contributed by atoms with Gasteiger partial charge in [0.2, 0.25) is 0 Å². The molecule has 1 radical (unpaired) electrons. The molecule has 79 valence electrons. The van der Waals surface area contributed by atoms with E-state index < -0.39 is 0 Å². The summed E-state index contributed by atoms with van der Waals surface area (Å²) in [7, 11) is 0. The third-order valence-electron chi connectivity index (χ3n) is 2.84. The first-order valence-electron chi connectivity index (χ1n) is 5.87. The zero-order valence-electron chi connectivity index (χ0n) is 9.37. The Labute approximate surface area is 91.7 Å². The van der Waals surface area contributed by atoms with Crippen molar-refractivity contribution in [1.29, 1.82) is 0 Å². The lowest BCUT2D eigenvalue weighted by Gasteiger charge is -2.04. The fraction of sp³-hybridized carbons (Fsp3) is 0.429. The van der Waals surface area contributed by atoms with Gasteiger partial charge in [-0.1, -0.05) is 44.4 Å². The molecule has 1 nitrogen and oxygen atoms in total. The largest absolute Gasteiger partial charge is 0.347 e. The maximum Gasteiger partial charge on any atom is 0.0486 e. The van der Waals surface area contributed by atoms with Gasteiger partial charge in [-0.15, -0.1) is 0 Å². The Morgan fingerprint density at radius 2 is 2.00 bits per heavy atom. The van der Waals surface area contributed by atoms with E-state index in [-0.39, 0.29) is 0 Å². The number of rotatable bonds is 5. The van der Waals surface area contributed by atoms with Gasteiger partial charge < -0.3 is 4.57 Å². The molecular weight excluding hydrogens is 182 g/mol. The van der Waals surface area contributed by atoms with Gasteiger partial charge in [0, 0.05) is 29.7 Å². The van der Waals surface area contributed by atoms with E-state index >= 15 is 0 Å². The zero-order valence-corrected chi connectivity index (χ0v) is 9.37. The van der Waals surface area contributed by atoms with Crippen LogP contribution in [0.5, 0.6) is 0 Å². The first-order valence-corrected chi connectivity index (χ1v) is 5.87. The lowest BCUT2D eigenvalue weighted by Crippen LogP contribution is -1.95. The fourth-order valence-corrected chi connectivity index (χ4v) is 1.96. The molecule has 1 aromatic heterocycles. The van der Waals surface area contributed by atoms with E-state index in [0.29, 0.717) is 0 Å². The van der Waals surface area contributed by atoms with Crippen LogP contribution in [0.2, 0.25) is 0 Å². The Hall–Kier alpha value is -1.24. The van der Waals surface area contributed by atoms with Crippen LogP contribution in [0.25, 0.3) is 10.9 Å². The van der Waals surface area contributed by atoms with Gasteiger partial charge in [0.1, 0.15) is 0 Å². The number of unbranched alkanes of at least 4 members (excludes halogenated alkanes) is 3. The van der Waals surface area contributed by atoms with E-state index in [2.05, 4.69) is 48.0 Å². The molecule has 0 aliphatic carbocycles. The highest BCUT2D eigenvalue weighted by Gasteiger charge is 1.99. The molecule has 2 aromatic rings. The Kier molecular flexibility index (Phi) is 3.44. The summed E-state index contributed by atoms with van der Waals surface area (Å²) in [6.07, 6.45) is 7.35. The van der Waals surface area contributed by atoms with Gasteiger partial charge >= 0.3 is 0 Å². The number of aryl methyl sites for hydroxylation is 1. The molecule has 0 N–H and O–H groups in total. The van der Waals surface area contributed by atoms with Crippen LogP contribution in [0.1, 0.15) is 32.6 Å². The van der Waals surface area contributed by atoms with Crippen LogP contribution in [0.3, 0.4) is 0 Å². The topological polar surface area (TPSA) is 4.93 Å². The summed E-state index contributed by atoms with van der Waals surface area (Å²) in [6, 6.07) is 11.8. The number of fused-ring (bicyclic) bond motifs is 1. The first-order chi connectivity index (χ1) is 7.42. The average molecular weight is 200 g/mol. The highest BCUT2D eigenvalue weighted by atomic mass is 14.9. The first kappa shape index (κ1) is 10.3. The molecule has 1 aromatic carbocycles. The summed E-state index contributed by atoms with van der Waals surface area (Å²) in [6.45, 7) is 3.38. The maximum absolute atomic E-state index is 3.29. The molecular formula is C14H18N. The minimum atomic E-state index is 1.13. The van der Waals surface area contributed by atoms with Crippen molar-refractivity contribution in [2.45, 2.75) is 39.2 Å². The lowest BCUT2D eigenvalue weighted by molar-refractivity contribution is 0.593. The summed E-state index contributed by atoms with van der Waals surface area (Å²) >= 11 is 0.